The van der Waals surface area contributed by atoms with Crippen LogP contribution < -0.4 is 5.32 Å². The van der Waals surface area contributed by atoms with Gasteiger partial charge in [0.2, 0.25) is 5.91 Å². The van der Waals surface area contributed by atoms with Crippen LogP contribution in [-0.2, 0) is 14.9 Å². The van der Waals surface area contributed by atoms with E-state index < -0.39 is 28.0 Å². The number of hydrogen-bond donors (Lipinski definition) is 3. The van der Waals surface area contributed by atoms with Crippen molar-refractivity contribution in [2.45, 2.75) is 148 Å². The third-order valence-electron chi connectivity index (χ3n) is 7.52. The van der Waals surface area contributed by atoms with E-state index in [1.54, 1.807) is 0 Å². The van der Waals surface area contributed by atoms with Crippen molar-refractivity contribution < 1.29 is 22.9 Å². The zero-order valence-corrected chi connectivity index (χ0v) is 30.9. The molecule has 0 saturated heterocycles. The monoisotopic (exact) mass is 685 g/mol. The van der Waals surface area contributed by atoms with E-state index in [2.05, 4.69) is 98.2 Å². The van der Waals surface area contributed by atoms with E-state index in [1.165, 1.54) is 44.6 Å². The summed E-state index contributed by atoms with van der Waals surface area (Å²) in [7, 11) is -4.36. The summed E-state index contributed by atoms with van der Waals surface area (Å²) < 4.78 is 32.3. The van der Waals surface area contributed by atoms with Gasteiger partial charge in [-0.15, -0.1) is 0 Å². The molecule has 2 unspecified atom stereocenters. The Hall–Kier alpha value is -2.74. The van der Waals surface area contributed by atoms with Gasteiger partial charge in [-0.1, -0.05) is 156 Å². The van der Waals surface area contributed by atoms with Crippen LogP contribution in [0.25, 0.3) is 0 Å². The van der Waals surface area contributed by atoms with Crippen LogP contribution in [0, 0.1) is 0 Å². The maximum atomic E-state index is 12.4. The first-order valence-corrected chi connectivity index (χ1v) is 20.0. The summed E-state index contributed by atoms with van der Waals surface area (Å²) in [5, 5.41) is 13.1. The van der Waals surface area contributed by atoms with Gasteiger partial charge in [-0.25, -0.2) is 0 Å². The number of nitrogens with one attached hydrogen (secondary N) is 1. The number of unbranched alkanes of at least 4 members (excludes halogenated alkanes) is 9. The quantitative estimate of drug-likeness (QED) is 0.0383. The molecule has 0 aromatic rings. The number of carbonyl (C=O) groups is 1. The lowest BCUT2D eigenvalue weighted by molar-refractivity contribution is -0.122. The molecule has 48 heavy (non-hydrogen) atoms. The fourth-order valence-corrected chi connectivity index (χ4v) is 5.52. The molecule has 0 aromatic carbocycles. The highest BCUT2D eigenvalue weighted by molar-refractivity contribution is 7.85. The van der Waals surface area contributed by atoms with Crippen molar-refractivity contribution in [3.8, 4) is 0 Å². The highest BCUT2D eigenvalue weighted by Gasteiger charge is 2.24. The van der Waals surface area contributed by atoms with E-state index in [0.29, 0.717) is 6.42 Å². The summed E-state index contributed by atoms with van der Waals surface area (Å²) in [5.74, 6) is -1.07. The molecule has 0 spiro atoms. The van der Waals surface area contributed by atoms with Crippen molar-refractivity contribution in [2.75, 3.05) is 5.75 Å². The van der Waals surface area contributed by atoms with Crippen molar-refractivity contribution in [3.05, 3.63) is 97.2 Å². The summed E-state index contributed by atoms with van der Waals surface area (Å²) in [6, 6.07) is -1.09. The average molecular weight is 686 g/mol. The van der Waals surface area contributed by atoms with E-state index in [1.807, 2.05) is 12.2 Å². The minimum atomic E-state index is -4.36. The van der Waals surface area contributed by atoms with Crippen LogP contribution >= 0.6 is 0 Å². The predicted molar refractivity (Wildman–Crippen MR) is 207 cm³/mol. The van der Waals surface area contributed by atoms with E-state index in [4.69, 9.17) is 0 Å². The lowest BCUT2D eigenvalue weighted by Gasteiger charge is -2.21. The molecule has 0 heterocycles. The van der Waals surface area contributed by atoms with Gasteiger partial charge >= 0.3 is 0 Å². The first-order chi connectivity index (χ1) is 23.3. The SMILES string of the molecule is CC/C=C\C/C=C\C/C=C\C/C=C\C/C=C\C/C=C\C/C=C\CCCC(=O)NC(CS(=O)(=O)O)C(O)/C=C/CCCCCCCCCC. The Labute approximate surface area is 294 Å². The predicted octanol–water partition coefficient (Wildman–Crippen LogP) is 10.6. The Morgan fingerprint density at radius 3 is 1.46 bits per heavy atom. The number of allylic oxidation sites excluding steroid dienone is 15. The molecule has 0 rings (SSSR count). The van der Waals surface area contributed by atoms with Crippen molar-refractivity contribution in [1.82, 2.24) is 5.32 Å². The molecule has 3 N–H and O–H groups in total. The van der Waals surface area contributed by atoms with E-state index in [0.717, 1.165) is 70.6 Å². The first-order valence-electron chi connectivity index (χ1n) is 18.4. The number of aliphatic hydroxyl groups excluding tert-OH is 1. The molecule has 0 aliphatic heterocycles. The summed E-state index contributed by atoms with van der Waals surface area (Å²) in [6.45, 7) is 4.36. The fraction of sp³-hybridized carbons (Fsp3) is 0.585. The molecule has 2 atom stereocenters. The smallest absolute Gasteiger partial charge is 0.267 e. The van der Waals surface area contributed by atoms with Gasteiger partial charge in [0.05, 0.1) is 17.9 Å². The zero-order valence-electron chi connectivity index (χ0n) is 30.1. The molecule has 0 saturated carbocycles. The van der Waals surface area contributed by atoms with E-state index in [9.17, 15) is 22.9 Å². The molecule has 0 bridgehead atoms. The van der Waals surface area contributed by atoms with Gasteiger partial charge in [-0.05, 0) is 70.6 Å². The lowest BCUT2D eigenvalue weighted by Crippen LogP contribution is -2.46. The number of rotatable bonds is 31. The van der Waals surface area contributed by atoms with Gasteiger partial charge in [0.1, 0.15) is 0 Å². The number of hydrogen-bond acceptors (Lipinski definition) is 4. The van der Waals surface area contributed by atoms with Gasteiger partial charge in [0.15, 0.2) is 0 Å². The van der Waals surface area contributed by atoms with E-state index in [-0.39, 0.29) is 12.3 Å². The highest BCUT2D eigenvalue weighted by Crippen LogP contribution is 2.11. The molecular formula is C41H67NO5S. The number of aliphatic hydroxyl groups is 1. The van der Waals surface area contributed by atoms with E-state index >= 15 is 0 Å². The maximum absolute atomic E-state index is 12.4. The summed E-state index contributed by atoms with van der Waals surface area (Å²) in [4.78, 5) is 12.4. The Balaban J connectivity index is 4.11. The Morgan fingerprint density at radius 1 is 0.583 bits per heavy atom. The minimum Gasteiger partial charge on any atom is -0.387 e. The second-order valence-electron chi connectivity index (χ2n) is 12.1. The molecule has 0 fully saturated rings. The standard InChI is InChI=1S/C41H67NO5S/c1-3-5-7-9-11-13-15-16-17-18-19-20-21-22-23-24-25-26-27-29-31-33-35-37-41(44)42-39(38-48(45,46)47)40(43)36-34-32-30-28-14-12-10-8-6-4-2/h5,7,11,13,16-17,19-20,22-23,25-26,29,31,34,36,39-40,43H,3-4,6,8-10,12,14-15,18,21,24,27-28,30,32-33,35,37-38H2,1-2H3,(H,42,44)(H,45,46,47)/b7-5-,13-11-,17-16-,20-19-,23-22-,26-25-,31-29-,36-34+. The normalized spacial score (nSPS) is 14.5. The average Bonchev–Trinajstić information content (AvgIpc) is 3.05. The molecule has 7 heteroatoms. The molecular weight excluding hydrogens is 619 g/mol. The van der Waals surface area contributed by atoms with Crippen molar-refractivity contribution >= 4 is 16.0 Å². The van der Waals surface area contributed by atoms with Crippen LogP contribution in [0.1, 0.15) is 136 Å². The summed E-state index contributed by atoms with van der Waals surface area (Å²) in [5.41, 5.74) is 0. The van der Waals surface area contributed by atoms with Gasteiger partial charge in [0, 0.05) is 6.42 Å². The van der Waals surface area contributed by atoms with Gasteiger partial charge < -0.3 is 10.4 Å². The van der Waals surface area contributed by atoms with Gasteiger partial charge in [0.25, 0.3) is 10.1 Å². The summed E-state index contributed by atoms with van der Waals surface area (Å²) >= 11 is 0. The molecule has 0 radical (unpaired) electrons. The topological polar surface area (TPSA) is 104 Å². The van der Waals surface area contributed by atoms with Crippen LogP contribution in [0.5, 0.6) is 0 Å². The van der Waals surface area contributed by atoms with Crippen LogP contribution in [0.15, 0.2) is 97.2 Å². The largest absolute Gasteiger partial charge is 0.387 e. The van der Waals surface area contributed by atoms with Crippen molar-refractivity contribution in [3.63, 3.8) is 0 Å². The van der Waals surface area contributed by atoms with Crippen LogP contribution in [0.3, 0.4) is 0 Å². The second-order valence-corrected chi connectivity index (χ2v) is 13.6. The van der Waals surface area contributed by atoms with Crippen LogP contribution in [0.2, 0.25) is 0 Å². The Kier molecular flexibility index (Phi) is 32.2. The molecule has 272 valence electrons. The highest BCUT2D eigenvalue weighted by atomic mass is 32.2. The van der Waals surface area contributed by atoms with Gasteiger partial charge in [-0.2, -0.15) is 8.42 Å². The lowest BCUT2D eigenvalue weighted by atomic mass is 10.1. The zero-order chi connectivity index (χ0) is 35.4. The minimum absolute atomic E-state index is 0.209. The van der Waals surface area contributed by atoms with Crippen molar-refractivity contribution in [1.29, 1.82) is 0 Å². The Morgan fingerprint density at radius 2 is 1.00 bits per heavy atom. The third kappa shape index (κ3) is 34.6. The first kappa shape index (κ1) is 45.3. The molecule has 0 aromatic heterocycles. The van der Waals surface area contributed by atoms with Crippen LogP contribution in [-0.4, -0.2) is 41.9 Å². The molecule has 6 nitrogen and oxygen atoms in total. The maximum Gasteiger partial charge on any atom is 0.267 e. The molecule has 0 aliphatic carbocycles. The van der Waals surface area contributed by atoms with Gasteiger partial charge in [-0.3, -0.25) is 9.35 Å². The molecule has 1 amide bonds. The summed E-state index contributed by atoms with van der Waals surface area (Å²) in [6.07, 6.45) is 51.1. The van der Waals surface area contributed by atoms with Crippen LogP contribution in [0.4, 0.5) is 0 Å². The number of carbonyl (C=O) groups excluding carboxylic acids is 1. The number of amides is 1. The second kappa shape index (κ2) is 34.1. The fourth-order valence-electron chi connectivity index (χ4n) is 4.79. The Bertz CT molecular complexity index is 1110. The third-order valence-corrected chi connectivity index (χ3v) is 8.30. The van der Waals surface area contributed by atoms with Crippen molar-refractivity contribution in [2.24, 2.45) is 0 Å². The molecule has 0 aliphatic rings.